The zero-order valence-corrected chi connectivity index (χ0v) is 11.8. The lowest BCUT2D eigenvalue weighted by molar-refractivity contribution is 0.215. The Balaban J connectivity index is 1.75. The number of hydrogen-bond donors (Lipinski definition) is 1. The zero-order chi connectivity index (χ0) is 13.9. The van der Waals surface area contributed by atoms with Gasteiger partial charge in [0.1, 0.15) is 11.3 Å². The number of ether oxygens (including phenoxy) is 1. The second kappa shape index (κ2) is 5.44. The van der Waals surface area contributed by atoms with Gasteiger partial charge in [-0.05, 0) is 36.5 Å². The molecule has 0 saturated carbocycles. The molecule has 1 aromatic heterocycles. The molecular weight excluding hydrogens is 294 g/mol. The van der Waals surface area contributed by atoms with Crippen molar-refractivity contribution in [2.24, 2.45) is 0 Å². The van der Waals surface area contributed by atoms with Gasteiger partial charge in [-0.3, -0.25) is 5.32 Å². The van der Waals surface area contributed by atoms with E-state index < -0.39 is 6.09 Å². The van der Waals surface area contributed by atoms with Gasteiger partial charge >= 0.3 is 6.09 Å². The lowest BCUT2D eigenvalue weighted by Crippen LogP contribution is -2.16. The summed E-state index contributed by atoms with van der Waals surface area (Å²) in [5, 5.41) is 2.64. The van der Waals surface area contributed by atoms with Crippen LogP contribution in [0.15, 0.2) is 52.9 Å². The number of hydrogen-bond acceptors (Lipinski definition) is 5. The predicted molar refractivity (Wildman–Crippen MR) is 81.0 cm³/mol. The van der Waals surface area contributed by atoms with Gasteiger partial charge < -0.3 is 9.15 Å². The van der Waals surface area contributed by atoms with Crippen LogP contribution in [0.25, 0.3) is 10.3 Å². The minimum absolute atomic E-state index is 0.443. The van der Waals surface area contributed by atoms with E-state index in [1.54, 1.807) is 30.3 Å². The highest BCUT2D eigenvalue weighted by atomic mass is 32.1. The Bertz CT molecular complexity index is 808. The van der Waals surface area contributed by atoms with E-state index in [-0.39, 0.29) is 0 Å². The highest BCUT2D eigenvalue weighted by Crippen LogP contribution is 2.27. The van der Waals surface area contributed by atoms with E-state index in [2.05, 4.69) is 5.32 Å². The molecule has 0 aliphatic carbocycles. The molecule has 2 aromatic carbocycles. The van der Waals surface area contributed by atoms with Gasteiger partial charge in [-0.1, -0.05) is 29.5 Å². The highest BCUT2D eigenvalue weighted by molar-refractivity contribution is 7.73. The molecule has 0 bridgehead atoms. The van der Waals surface area contributed by atoms with Crippen LogP contribution in [0.4, 0.5) is 10.5 Å². The van der Waals surface area contributed by atoms with Crippen LogP contribution in [0.1, 0.15) is 0 Å². The summed E-state index contributed by atoms with van der Waals surface area (Å²) in [6.45, 7) is 0. The number of amides is 1. The highest BCUT2D eigenvalue weighted by Gasteiger charge is 2.07. The first kappa shape index (κ1) is 12.8. The van der Waals surface area contributed by atoms with Crippen LogP contribution >= 0.6 is 23.6 Å². The van der Waals surface area contributed by atoms with Crippen molar-refractivity contribution >= 4 is 45.6 Å². The van der Waals surface area contributed by atoms with Crippen molar-refractivity contribution in [1.29, 1.82) is 0 Å². The molecule has 3 aromatic rings. The molecule has 0 aliphatic rings. The third kappa shape index (κ3) is 2.87. The number of para-hydroxylation sites is 1. The third-order valence-corrected chi connectivity index (χ3v) is 3.65. The van der Waals surface area contributed by atoms with E-state index in [4.69, 9.17) is 21.4 Å². The second-order valence-electron chi connectivity index (χ2n) is 3.94. The van der Waals surface area contributed by atoms with Gasteiger partial charge in [0.25, 0.3) is 0 Å². The normalized spacial score (nSPS) is 10.4. The van der Waals surface area contributed by atoms with Crippen molar-refractivity contribution in [3.05, 3.63) is 52.6 Å². The second-order valence-corrected chi connectivity index (χ2v) is 5.59. The number of fused-ring (bicyclic) bond motifs is 1. The summed E-state index contributed by atoms with van der Waals surface area (Å²) >= 11 is 6.30. The molecule has 0 radical (unpaired) electrons. The fraction of sp³-hybridized carbons (Fsp3) is 0. The first-order chi connectivity index (χ1) is 9.70. The predicted octanol–water partition coefficient (Wildman–Crippen LogP) is 4.83. The SMILES string of the molecule is O=C(Nc1ccccc1)Oc1ccc2oc(=S)sc2c1. The van der Waals surface area contributed by atoms with Gasteiger partial charge in [-0.2, -0.15) is 0 Å². The average Bonchev–Trinajstić information content (AvgIpc) is 2.79. The van der Waals surface area contributed by atoms with Crippen LogP contribution < -0.4 is 10.1 Å². The van der Waals surface area contributed by atoms with E-state index in [1.807, 2.05) is 18.2 Å². The van der Waals surface area contributed by atoms with Gasteiger partial charge in [-0.15, -0.1) is 0 Å². The number of carbonyl (C=O) groups excluding carboxylic acids is 1. The summed E-state index contributed by atoms with van der Waals surface area (Å²) in [5.41, 5.74) is 1.37. The molecule has 6 heteroatoms. The third-order valence-electron chi connectivity index (χ3n) is 2.53. The first-order valence-electron chi connectivity index (χ1n) is 5.78. The maximum atomic E-state index is 11.7. The smallest absolute Gasteiger partial charge is 0.417 e. The summed E-state index contributed by atoms with van der Waals surface area (Å²) in [6.07, 6.45) is -0.539. The fourth-order valence-electron chi connectivity index (χ4n) is 1.69. The number of rotatable bonds is 2. The molecule has 0 spiro atoms. The molecule has 1 heterocycles. The summed E-state index contributed by atoms with van der Waals surface area (Å²) in [5.74, 6) is 0.443. The minimum atomic E-state index is -0.539. The van der Waals surface area contributed by atoms with E-state index in [0.717, 1.165) is 4.70 Å². The molecule has 0 saturated heterocycles. The van der Waals surface area contributed by atoms with Crippen molar-refractivity contribution < 1.29 is 13.9 Å². The van der Waals surface area contributed by atoms with Crippen LogP contribution in [0, 0.1) is 4.02 Å². The van der Waals surface area contributed by atoms with Crippen molar-refractivity contribution in [3.63, 3.8) is 0 Å². The Labute approximate surface area is 123 Å². The molecular formula is C14H9NO3S2. The van der Waals surface area contributed by atoms with Crippen molar-refractivity contribution in [2.75, 3.05) is 5.32 Å². The number of anilines is 1. The largest absolute Gasteiger partial charge is 0.435 e. The molecule has 4 nitrogen and oxygen atoms in total. The van der Waals surface area contributed by atoms with Crippen LogP contribution in [0.5, 0.6) is 5.75 Å². The van der Waals surface area contributed by atoms with Gasteiger partial charge in [0.2, 0.25) is 4.02 Å². The van der Waals surface area contributed by atoms with E-state index >= 15 is 0 Å². The van der Waals surface area contributed by atoms with Gasteiger partial charge in [0.15, 0.2) is 0 Å². The van der Waals surface area contributed by atoms with Crippen molar-refractivity contribution in [3.8, 4) is 5.75 Å². The van der Waals surface area contributed by atoms with Gasteiger partial charge in [-0.25, -0.2) is 4.79 Å². The molecule has 20 heavy (non-hydrogen) atoms. The summed E-state index contributed by atoms with van der Waals surface area (Å²) in [6, 6.07) is 14.2. The van der Waals surface area contributed by atoms with E-state index in [9.17, 15) is 4.79 Å². The maximum Gasteiger partial charge on any atom is 0.417 e. The van der Waals surface area contributed by atoms with Crippen LogP contribution in [-0.4, -0.2) is 6.09 Å². The number of benzene rings is 2. The van der Waals surface area contributed by atoms with E-state index in [0.29, 0.717) is 21.0 Å². The van der Waals surface area contributed by atoms with Crippen LogP contribution in [-0.2, 0) is 0 Å². The van der Waals surface area contributed by atoms with Gasteiger partial charge in [0.05, 0.1) is 4.70 Å². The van der Waals surface area contributed by atoms with E-state index in [1.165, 1.54) is 11.3 Å². The Morgan fingerprint density at radius 2 is 2.00 bits per heavy atom. The summed E-state index contributed by atoms with van der Waals surface area (Å²) < 4.78 is 11.8. The zero-order valence-electron chi connectivity index (χ0n) is 10.2. The molecule has 0 unspecified atom stereocenters. The van der Waals surface area contributed by atoms with Crippen LogP contribution in [0.2, 0.25) is 0 Å². The Hall–Kier alpha value is -2.18. The number of nitrogens with one attached hydrogen (secondary N) is 1. The van der Waals surface area contributed by atoms with Gasteiger partial charge in [0, 0.05) is 11.8 Å². The standard InChI is InChI=1S/C14H9NO3S2/c16-13(15-9-4-2-1-3-5-9)17-10-6-7-11-12(8-10)20-14(19)18-11/h1-8H,(H,15,16). The van der Waals surface area contributed by atoms with Crippen LogP contribution in [0.3, 0.4) is 0 Å². The Kier molecular flexibility index (Phi) is 3.49. The van der Waals surface area contributed by atoms with Crippen molar-refractivity contribution in [1.82, 2.24) is 0 Å². The lowest BCUT2D eigenvalue weighted by atomic mass is 10.3. The molecule has 100 valence electrons. The molecule has 0 atom stereocenters. The molecule has 1 amide bonds. The Morgan fingerprint density at radius 1 is 1.20 bits per heavy atom. The topological polar surface area (TPSA) is 51.5 Å². The fourth-order valence-corrected chi connectivity index (χ4v) is 2.74. The summed E-state index contributed by atoms with van der Waals surface area (Å²) in [7, 11) is 0. The quantitative estimate of drug-likeness (QED) is 0.689. The lowest BCUT2D eigenvalue weighted by Gasteiger charge is -2.06. The molecule has 1 N–H and O–H groups in total. The summed E-state index contributed by atoms with van der Waals surface area (Å²) in [4.78, 5) is 11.7. The van der Waals surface area contributed by atoms with Crippen molar-refractivity contribution in [2.45, 2.75) is 0 Å². The monoisotopic (exact) mass is 303 g/mol. The Morgan fingerprint density at radius 3 is 2.80 bits per heavy atom. The number of carbonyl (C=O) groups is 1. The molecule has 0 fully saturated rings. The minimum Gasteiger partial charge on any atom is -0.435 e. The molecule has 3 rings (SSSR count). The maximum absolute atomic E-state index is 11.7. The average molecular weight is 303 g/mol. The molecule has 0 aliphatic heterocycles. The first-order valence-corrected chi connectivity index (χ1v) is 7.01.